The lowest BCUT2D eigenvalue weighted by Gasteiger charge is -2.19. The number of carboxylic acids is 1. The van der Waals surface area contributed by atoms with Crippen molar-refractivity contribution in [3.8, 4) is 0 Å². The third-order valence-corrected chi connectivity index (χ3v) is 3.20. The number of aliphatic carboxylic acids is 1. The lowest BCUT2D eigenvalue weighted by molar-refractivity contribution is -0.145. The van der Waals surface area contributed by atoms with Gasteiger partial charge in [0.2, 0.25) is 5.91 Å². The Hall–Kier alpha value is -1.52. The van der Waals surface area contributed by atoms with E-state index in [1.807, 2.05) is 0 Å². The Kier molecular flexibility index (Phi) is 4.97. The lowest BCUT2D eigenvalue weighted by Crippen LogP contribution is -2.49. The highest BCUT2D eigenvalue weighted by molar-refractivity contribution is 6.42. The molecule has 1 aromatic rings. The number of rotatable bonds is 4. The first-order chi connectivity index (χ1) is 8.74. The average Bonchev–Trinajstić information content (AvgIpc) is 2.30. The van der Waals surface area contributed by atoms with Gasteiger partial charge in [-0.3, -0.25) is 4.79 Å². The fourth-order valence-electron chi connectivity index (χ4n) is 1.22. The fraction of sp³-hybridized carbons (Fsp3) is 0.231. The van der Waals surface area contributed by atoms with Gasteiger partial charge in [0.25, 0.3) is 0 Å². The summed E-state index contributed by atoms with van der Waals surface area (Å²) in [7, 11) is 0. The number of carbonyl (C=O) groups excluding carboxylic acids is 1. The molecule has 1 rings (SSSR count). The summed E-state index contributed by atoms with van der Waals surface area (Å²) in [6, 6.07) is 5.03. The molecule has 0 saturated carbocycles. The van der Waals surface area contributed by atoms with Crippen molar-refractivity contribution in [1.29, 1.82) is 0 Å². The summed E-state index contributed by atoms with van der Waals surface area (Å²) < 4.78 is 0. The molecule has 4 nitrogen and oxygen atoms in total. The van der Waals surface area contributed by atoms with E-state index in [1.54, 1.807) is 18.2 Å². The van der Waals surface area contributed by atoms with Gasteiger partial charge < -0.3 is 10.4 Å². The van der Waals surface area contributed by atoms with Gasteiger partial charge in [-0.25, -0.2) is 4.79 Å². The second-order valence-corrected chi connectivity index (χ2v) is 5.18. The van der Waals surface area contributed by atoms with Crippen LogP contribution in [0.2, 0.25) is 10.0 Å². The van der Waals surface area contributed by atoms with Crippen LogP contribution in [0.4, 0.5) is 0 Å². The quantitative estimate of drug-likeness (QED) is 0.840. The number of halogens is 2. The van der Waals surface area contributed by atoms with Crippen molar-refractivity contribution in [2.45, 2.75) is 19.4 Å². The Balaban J connectivity index is 2.80. The molecule has 1 aromatic carbocycles. The summed E-state index contributed by atoms with van der Waals surface area (Å²) in [5, 5.41) is 12.0. The Labute approximate surface area is 121 Å². The van der Waals surface area contributed by atoms with E-state index in [4.69, 9.17) is 28.3 Å². The minimum absolute atomic E-state index is 0.339. The van der Waals surface area contributed by atoms with Crippen molar-refractivity contribution < 1.29 is 14.7 Å². The minimum atomic E-state index is -1.33. The van der Waals surface area contributed by atoms with Gasteiger partial charge in [-0.2, -0.15) is 0 Å². The number of carbonyl (C=O) groups is 2. The van der Waals surface area contributed by atoms with E-state index in [2.05, 4.69) is 5.32 Å². The number of carboxylic acid groups (broad SMARTS) is 1. The standard InChI is InChI=1S/C13H13Cl2NO3/c1-13(2,12(18)19)16-10(17)7-6-8-4-3-5-9(14)11(8)15/h3-7H,1-2H3,(H,16,17)(H,18,19)/b7-6+. The molecular formula is C13H13Cl2NO3. The highest BCUT2D eigenvalue weighted by Gasteiger charge is 2.27. The molecular weight excluding hydrogens is 289 g/mol. The van der Waals surface area contributed by atoms with Gasteiger partial charge in [0, 0.05) is 6.08 Å². The molecule has 6 heteroatoms. The van der Waals surface area contributed by atoms with Gasteiger partial charge in [-0.1, -0.05) is 35.3 Å². The van der Waals surface area contributed by atoms with Crippen LogP contribution in [0, 0.1) is 0 Å². The summed E-state index contributed by atoms with van der Waals surface area (Å²) in [5.74, 6) is -1.64. The molecule has 0 heterocycles. The molecule has 0 atom stereocenters. The van der Waals surface area contributed by atoms with Crippen LogP contribution < -0.4 is 5.32 Å². The number of hydrogen-bond acceptors (Lipinski definition) is 2. The minimum Gasteiger partial charge on any atom is -0.480 e. The van der Waals surface area contributed by atoms with Crippen molar-refractivity contribution >= 4 is 41.2 Å². The number of amides is 1. The largest absolute Gasteiger partial charge is 0.480 e. The first-order valence-corrected chi connectivity index (χ1v) is 6.17. The zero-order valence-electron chi connectivity index (χ0n) is 10.4. The molecule has 0 aliphatic heterocycles. The van der Waals surface area contributed by atoms with Gasteiger partial charge in [0.15, 0.2) is 0 Å². The third kappa shape index (κ3) is 4.26. The van der Waals surface area contributed by atoms with Crippen LogP contribution >= 0.6 is 23.2 Å². The van der Waals surface area contributed by atoms with E-state index in [0.717, 1.165) is 0 Å². The molecule has 1 amide bonds. The molecule has 102 valence electrons. The number of benzene rings is 1. The molecule has 0 bridgehead atoms. The molecule has 2 N–H and O–H groups in total. The topological polar surface area (TPSA) is 66.4 Å². The van der Waals surface area contributed by atoms with E-state index < -0.39 is 17.4 Å². The Morgan fingerprint density at radius 1 is 1.32 bits per heavy atom. The molecule has 0 fully saturated rings. The van der Waals surface area contributed by atoms with Gasteiger partial charge in [0.05, 0.1) is 10.0 Å². The monoisotopic (exact) mass is 301 g/mol. The van der Waals surface area contributed by atoms with Crippen LogP contribution in [0.25, 0.3) is 6.08 Å². The average molecular weight is 302 g/mol. The summed E-state index contributed by atoms with van der Waals surface area (Å²) in [6.07, 6.45) is 2.68. The Bertz CT molecular complexity index is 539. The van der Waals surface area contributed by atoms with Crippen LogP contribution in [0.15, 0.2) is 24.3 Å². The molecule has 0 spiro atoms. The normalized spacial score (nSPS) is 11.6. The first-order valence-electron chi connectivity index (χ1n) is 5.41. The van der Waals surface area contributed by atoms with Crippen molar-refractivity contribution in [3.63, 3.8) is 0 Å². The fourth-order valence-corrected chi connectivity index (χ4v) is 1.59. The smallest absolute Gasteiger partial charge is 0.328 e. The van der Waals surface area contributed by atoms with Crippen LogP contribution in [-0.4, -0.2) is 22.5 Å². The number of hydrogen-bond donors (Lipinski definition) is 2. The van der Waals surface area contributed by atoms with Crippen LogP contribution in [0.1, 0.15) is 19.4 Å². The summed E-state index contributed by atoms with van der Waals surface area (Å²) in [4.78, 5) is 22.4. The highest BCUT2D eigenvalue weighted by Crippen LogP contribution is 2.26. The molecule has 0 aromatic heterocycles. The number of nitrogens with one attached hydrogen (secondary N) is 1. The highest BCUT2D eigenvalue weighted by atomic mass is 35.5. The van der Waals surface area contributed by atoms with Crippen molar-refractivity contribution in [2.24, 2.45) is 0 Å². The molecule has 0 aliphatic rings. The third-order valence-electron chi connectivity index (χ3n) is 2.37. The van der Waals surface area contributed by atoms with E-state index >= 15 is 0 Å². The summed E-state index contributed by atoms with van der Waals surface area (Å²) in [5.41, 5.74) is -0.753. The Morgan fingerprint density at radius 2 is 1.95 bits per heavy atom. The van der Waals surface area contributed by atoms with Crippen LogP contribution in [0.3, 0.4) is 0 Å². The van der Waals surface area contributed by atoms with Crippen LogP contribution in [0.5, 0.6) is 0 Å². The second-order valence-electron chi connectivity index (χ2n) is 4.40. The summed E-state index contributed by atoms with van der Waals surface area (Å²) in [6.45, 7) is 2.79. The van der Waals surface area contributed by atoms with E-state index in [0.29, 0.717) is 15.6 Å². The first kappa shape index (κ1) is 15.5. The molecule has 0 saturated heterocycles. The maximum atomic E-state index is 11.6. The van der Waals surface area contributed by atoms with Crippen molar-refractivity contribution in [2.75, 3.05) is 0 Å². The van der Waals surface area contributed by atoms with Crippen LogP contribution in [-0.2, 0) is 9.59 Å². The van der Waals surface area contributed by atoms with E-state index in [9.17, 15) is 9.59 Å². The zero-order chi connectivity index (χ0) is 14.6. The van der Waals surface area contributed by atoms with Crippen molar-refractivity contribution in [1.82, 2.24) is 5.32 Å². The summed E-state index contributed by atoms with van der Waals surface area (Å²) >= 11 is 11.8. The predicted molar refractivity (Wildman–Crippen MR) is 75.4 cm³/mol. The zero-order valence-corrected chi connectivity index (χ0v) is 11.9. The maximum absolute atomic E-state index is 11.6. The second kappa shape index (κ2) is 6.08. The van der Waals surface area contributed by atoms with E-state index in [1.165, 1.54) is 26.0 Å². The van der Waals surface area contributed by atoms with Gasteiger partial charge in [0.1, 0.15) is 5.54 Å². The van der Waals surface area contributed by atoms with Crippen molar-refractivity contribution in [3.05, 3.63) is 39.9 Å². The van der Waals surface area contributed by atoms with Gasteiger partial charge in [-0.05, 0) is 31.6 Å². The molecule has 0 unspecified atom stereocenters. The van der Waals surface area contributed by atoms with Gasteiger partial charge >= 0.3 is 5.97 Å². The van der Waals surface area contributed by atoms with E-state index in [-0.39, 0.29) is 0 Å². The molecule has 0 radical (unpaired) electrons. The lowest BCUT2D eigenvalue weighted by atomic mass is 10.1. The SMILES string of the molecule is CC(C)(NC(=O)/C=C/c1cccc(Cl)c1Cl)C(=O)O. The molecule has 19 heavy (non-hydrogen) atoms. The maximum Gasteiger partial charge on any atom is 0.328 e. The van der Waals surface area contributed by atoms with Gasteiger partial charge in [-0.15, -0.1) is 0 Å². The predicted octanol–water partition coefficient (Wildman–Crippen LogP) is 2.99. The Morgan fingerprint density at radius 3 is 2.53 bits per heavy atom. The molecule has 0 aliphatic carbocycles.